The summed E-state index contributed by atoms with van der Waals surface area (Å²) < 4.78 is 46.5. The Balaban J connectivity index is 2.44. The highest BCUT2D eigenvalue weighted by Gasteiger charge is 2.32. The lowest BCUT2D eigenvalue weighted by molar-refractivity contribution is -0.275. The Kier molecular flexibility index (Phi) is 5.23. The van der Waals surface area contributed by atoms with Crippen LogP contribution in [0.25, 0.3) is 11.3 Å². The molecule has 0 fully saturated rings. The van der Waals surface area contributed by atoms with Crippen LogP contribution in [0, 0.1) is 11.3 Å². The second-order valence-corrected chi connectivity index (χ2v) is 5.52. The van der Waals surface area contributed by atoms with Crippen molar-refractivity contribution in [3.63, 3.8) is 0 Å². The van der Waals surface area contributed by atoms with Crippen molar-refractivity contribution in [2.24, 2.45) is 7.05 Å². The average Bonchev–Trinajstić information content (AvgIpc) is 2.85. The van der Waals surface area contributed by atoms with Gasteiger partial charge in [-0.3, -0.25) is 4.72 Å². The van der Waals surface area contributed by atoms with E-state index in [-0.39, 0.29) is 5.75 Å². The Morgan fingerprint density at radius 3 is 2.61 bits per heavy atom. The van der Waals surface area contributed by atoms with Gasteiger partial charge in [0.15, 0.2) is 0 Å². The van der Waals surface area contributed by atoms with Crippen LogP contribution in [-0.2, 0) is 7.05 Å². The van der Waals surface area contributed by atoms with Crippen LogP contribution in [0.5, 0.6) is 5.75 Å². The molecule has 0 bridgehead atoms. The van der Waals surface area contributed by atoms with Gasteiger partial charge in [-0.2, -0.15) is 5.26 Å². The van der Waals surface area contributed by atoms with Crippen LogP contribution in [0.2, 0.25) is 0 Å². The summed E-state index contributed by atoms with van der Waals surface area (Å²) in [4.78, 5) is 0.336. The van der Waals surface area contributed by atoms with Crippen molar-refractivity contribution in [2.75, 3.05) is 6.54 Å². The first kappa shape index (κ1) is 17.2. The molecule has 4 nitrogen and oxygen atoms in total. The Hall–Kier alpha value is -2.11. The predicted octanol–water partition coefficient (Wildman–Crippen LogP) is 4.08. The van der Waals surface area contributed by atoms with Gasteiger partial charge >= 0.3 is 6.36 Å². The minimum absolute atomic E-state index is 0.277. The molecule has 2 rings (SSSR count). The number of alkyl halides is 3. The van der Waals surface area contributed by atoms with Gasteiger partial charge in [0.2, 0.25) is 0 Å². The number of nitrogens with one attached hydrogen (secondary N) is 1. The number of nitriles is 1. The summed E-state index contributed by atoms with van der Waals surface area (Å²) in [6.45, 7) is 2.44. The standard InChI is InChI=1S/C15H14F3N3OS/c1-3-20-23-14-7-4-10(8-13(14)22-15(16,17)18)12-6-5-11(9-19)21(12)2/h4-8,20H,3H2,1-2H3. The summed E-state index contributed by atoms with van der Waals surface area (Å²) in [5.41, 5.74) is 1.59. The first-order valence-electron chi connectivity index (χ1n) is 6.71. The van der Waals surface area contributed by atoms with Gasteiger partial charge in [-0.25, -0.2) is 0 Å². The molecule has 0 atom stereocenters. The molecule has 8 heteroatoms. The molecule has 1 aromatic carbocycles. The molecule has 0 saturated heterocycles. The SMILES string of the molecule is CCNSc1ccc(-c2ccc(C#N)n2C)cc1OC(F)(F)F. The van der Waals surface area contributed by atoms with Crippen molar-refractivity contribution in [1.82, 2.24) is 9.29 Å². The van der Waals surface area contributed by atoms with Gasteiger partial charge in [0.05, 0.1) is 4.90 Å². The minimum atomic E-state index is -4.77. The van der Waals surface area contributed by atoms with Crippen LogP contribution in [0.15, 0.2) is 35.2 Å². The van der Waals surface area contributed by atoms with Crippen LogP contribution in [-0.4, -0.2) is 17.5 Å². The Morgan fingerprint density at radius 1 is 1.30 bits per heavy atom. The third kappa shape index (κ3) is 4.21. The van der Waals surface area contributed by atoms with E-state index < -0.39 is 6.36 Å². The minimum Gasteiger partial charge on any atom is -0.405 e. The van der Waals surface area contributed by atoms with E-state index in [4.69, 9.17) is 5.26 Å². The quantitative estimate of drug-likeness (QED) is 0.833. The zero-order valence-corrected chi connectivity index (χ0v) is 13.3. The predicted molar refractivity (Wildman–Crippen MR) is 81.8 cm³/mol. The molecular weight excluding hydrogens is 327 g/mol. The number of benzene rings is 1. The highest BCUT2D eigenvalue weighted by atomic mass is 32.2. The molecule has 122 valence electrons. The van der Waals surface area contributed by atoms with Gasteiger partial charge in [-0.05, 0) is 36.2 Å². The Bertz CT molecular complexity index is 735. The Morgan fingerprint density at radius 2 is 2.04 bits per heavy atom. The fraction of sp³-hybridized carbons (Fsp3) is 0.267. The third-order valence-electron chi connectivity index (χ3n) is 3.03. The molecule has 0 aliphatic heterocycles. The number of rotatable bonds is 5. The highest BCUT2D eigenvalue weighted by molar-refractivity contribution is 7.97. The first-order chi connectivity index (χ1) is 10.9. The van der Waals surface area contributed by atoms with Gasteiger partial charge in [0.25, 0.3) is 0 Å². The molecule has 0 aliphatic rings. The monoisotopic (exact) mass is 341 g/mol. The van der Waals surface area contributed by atoms with E-state index in [9.17, 15) is 13.2 Å². The lowest BCUT2D eigenvalue weighted by atomic mass is 10.1. The maximum atomic E-state index is 12.6. The number of nitrogens with zero attached hydrogens (tertiary/aromatic N) is 2. The smallest absolute Gasteiger partial charge is 0.405 e. The lowest BCUT2D eigenvalue weighted by Crippen LogP contribution is -2.18. The largest absolute Gasteiger partial charge is 0.573 e. The molecule has 0 saturated carbocycles. The van der Waals surface area contributed by atoms with Gasteiger partial charge in [0, 0.05) is 24.8 Å². The molecular formula is C15H14F3N3OS. The van der Waals surface area contributed by atoms with Crippen molar-refractivity contribution in [1.29, 1.82) is 5.26 Å². The fourth-order valence-corrected chi connectivity index (χ4v) is 2.66. The van der Waals surface area contributed by atoms with E-state index >= 15 is 0 Å². The summed E-state index contributed by atoms with van der Waals surface area (Å²) in [7, 11) is 1.68. The lowest BCUT2D eigenvalue weighted by Gasteiger charge is -2.15. The summed E-state index contributed by atoms with van der Waals surface area (Å²) in [5.74, 6) is -0.277. The molecule has 0 spiro atoms. The van der Waals surface area contributed by atoms with Crippen molar-refractivity contribution >= 4 is 11.9 Å². The van der Waals surface area contributed by atoms with Crippen molar-refractivity contribution in [3.05, 3.63) is 36.0 Å². The second kappa shape index (κ2) is 6.98. The number of hydrogen-bond donors (Lipinski definition) is 1. The molecule has 1 N–H and O–H groups in total. The van der Waals surface area contributed by atoms with E-state index in [1.165, 1.54) is 6.07 Å². The van der Waals surface area contributed by atoms with E-state index in [1.807, 2.05) is 13.0 Å². The average molecular weight is 341 g/mol. The highest BCUT2D eigenvalue weighted by Crippen LogP contribution is 2.36. The maximum absolute atomic E-state index is 12.6. The molecule has 0 radical (unpaired) electrons. The number of halogens is 3. The number of hydrogen-bond acceptors (Lipinski definition) is 4. The van der Waals surface area contributed by atoms with Gasteiger partial charge in [-0.1, -0.05) is 13.0 Å². The van der Waals surface area contributed by atoms with Gasteiger partial charge in [0.1, 0.15) is 17.5 Å². The topological polar surface area (TPSA) is 50.0 Å². The molecule has 0 aliphatic carbocycles. The third-order valence-corrected chi connectivity index (χ3v) is 4.02. The summed E-state index contributed by atoms with van der Waals surface area (Å²) in [5, 5.41) is 8.97. The number of ether oxygens (including phenoxy) is 1. The fourth-order valence-electron chi connectivity index (χ4n) is 2.02. The summed E-state index contributed by atoms with van der Waals surface area (Å²) >= 11 is 1.07. The van der Waals surface area contributed by atoms with Gasteiger partial charge in [-0.15, -0.1) is 13.2 Å². The molecule has 0 unspecified atom stereocenters. The van der Waals surface area contributed by atoms with Gasteiger partial charge < -0.3 is 9.30 Å². The van der Waals surface area contributed by atoms with Crippen LogP contribution in [0.4, 0.5) is 13.2 Å². The molecule has 1 aromatic heterocycles. The van der Waals surface area contributed by atoms with Crippen molar-refractivity contribution in [3.8, 4) is 23.1 Å². The van der Waals surface area contributed by atoms with E-state index in [0.29, 0.717) is 28.4 Å². The zero-order valence-electron chi connectivity index (χ0n) is 12.4. The summed E-state index contributed by atoms with van der Waals surface area (Å²) in [6, 6.07) is 9.89. The normalized spacial score (nSPS) is 11.3. The first-order valence-corrected chi connectivity index (χ1v) is 7.53. The molecule has 0 amide bonds. The van der Waals surface area contributed by atoms with E-state index in [2.05, 4.69) is 9.46 Å². The maximum Gasteiger partial charge on any atom is 0.573 e. The van der Waals surface area contributed by atoms with Crippen LogP contribution >= 0.6 is 11.9 Å². The molecule has 23 heavy (non-hydrogen) atoms. The Labute approximate surface area is 136 Å². The molecule has 1 heterocycles. The van der Waals surface area contributed by atoms with Crippen LogP contribution in [0.1, 0.15) is 12.6 Å². The van der Waals surface area contributed by atoms with Crippen LogP contribution in [0.3, 0.4) is 0 Å². The molecule has 2 aromatic rings. The summed E-state index contributed by atoms with van der Waals surface area (Å²) in [6.07, 6.45) is -4.77. The van der Waals surface area contributed by atoms with Crippen molar-refractivity contribution in [2.45, 2.75) is 18.2 Å². The van der Waals surface area contributed by atoms with E-state index in [0.717, 1.165) is 11.9 Å². The zero-order chi connectivity index (χ0) is 17.0. The van der Waals surface area contributed by atoms with Crippen molar-refractivity contribution < 1.29 is 17.9 Å². The van der Waals surface area contributed by atoms with Crippen LogP contribution < -0.4 is 9.46 Å². The van der Waals surface area contributed by atoms with E-state index in [1.54, 1.807) is 35.9 Å². The second-order valence-electron chi connectivity index (χ2n) is 4.58. The number of aromatic nitrogens is 1.